The Bertz CT molecular complexity index is 664. The normalized spacial score (nSPS) is 23.7. The number of nitrogens with zero attached hydrogens (tertiary/aromatic N) is 2. The predicted octanol–water partition coefficient (Wildman–Crippen LogP) is 3.72. The lowest BCUT2D eigenvalue weighted by Crippen LogP contribution is -2.50. The van der Waals surface area contributed by atoms with Crippen LogP contribution in [-0.4, -0.2) is 49.7 Å². The van der Waals surface area contributed by atoms with Gasteiger partial charge in [-0.1, -0.05) is 49.4 Å². The molecular weight excluding hydrogens is 294 g/mol. The van der Waals surface area contributed by atoms with Gasteiger partial charge in [-0.2, -0.15) is 0 Å². The Labute approximate surface area is 146 Å². The van der Waals surface area contributed by atoms with E-state index in [1.165, 1.54) is 35.8 Å². The predicted molar refractivity (Wildman–Crippen MR) is 103 cm³/mol. The fourth-order valence-electron chi connectivity index (χ4n) is 4.13. The van der Waals surface area contributed by atoms with Crippen molar-refractivity contribution in [2.24, 2.45) is 5.92 Å². The molecular formula is C21H31N3. The summed E-state index contributed by atoms with van der Waals surface area (Å²) in [6, 6.07) is 16.3. The first-order valence-corrected chi connectivity index (χ1v) is 9.16. The highest BCUT2D eigenvalue weighted by atomic mass is 15.2. The molecule has 3 atom stereocenters. The summed E-state index contributed by atoms with van der Waals surface area (Å²) in [7, 11) is 4.49. The molecule has 3 heteroatoms. The fraction of sp³-hybridized carbons (Fsp3) is 0.524. The van der Waals surface area contributed by atoms with E-state index in [4.69, 9.17) is 0 Å². The topological polar surface area (TPSA) is 18.5 Å². The molecule has 3 nitrogen and oxygen atoms in total. The maximum Gasteiger partial charge on any atom is 0.0485 e. The molecule has 1 N–H and O–H groups in total. The van der Waals surface area contributed by atoms with Crippen molar-refractivity contribution in [3.05, 3.63) is 48.0 Å². The van der Waals surface area contributed by atoms with E-state index in [0.29, 0.717) is 12.1 Å². The van der Waals surface area contributed by atoms with Gasteiger partial charge in [-0.05, 0) is 56.2 Å². The van der Waals surface area contributed by atoms with Crippen molar-refractivity contribution in [3.8, 4) is 0 Å². The zero-order valence-electron chi connectivity index (χ0n) is 15.5. The number of likely N-dealkylation sites (tertiary alicyclic amines) is 1. The van der Waals surface area contributed by atoms with Crippen LogP contribution in [-0.2, 0) is 0 Å². The summed E-state index contributed by atoms with van der Waals surface area (Å²) in [6.07, 6.45) is 1.26. The van der Waals surface area contributed by atoms with Crippen molar-refractivity contribution in [3.63, 3.8) is 0 Å². The second-order valence-corrected chi connectivity index (χ2v) is 7.50. The van der Waals surface area contributed by atoms with Gasteiger partial charge in [0.25, 0.3) is 0 Å². The minimum atomic E-state index is 0.347. The third kappa shape index (κ3) is 3.80. The van der Waals surface area contributed by atoms with Crippen LogP contribution in [0.1, 0.15) is 31.9 Å². The Morgan fingerprint density at radius 1 is 1.21 bits per heavy atom. The molecule has 0 saturated carbocycles. The molecule has 3 unspecified atom stereocenters. The molecule has 0 radical (unpaired) electrons. The van der Waals surface area contributed by atoms with E-state index in [0.717, 1.165) is 12.6 Å². The quantitative estimate of drug-likeness (QED) is 0.845. The second kappa shape index (κ2) is 7.64. The standard InChI is InChI=1S/C21H31N3/c1-16-14-23(3)13-12-21(16)24(4)15-22-17(2)19-11-7-9-18-8-5-6-10-20(18)19/h5-11,16-17,21-22H,12-15H2,1-4H3. The maximum absolute atomic E-state index is 3.73. The molecule has 2 aromatic carbocycles. The van der Waals surface area contributed by atoms with Gasteiger partial charge in [0.05, 0.1) is 0 Å². The van der Waals surface area contributed by atoms with Crippen LogP contribution in [0.4, 0.5) is 0 Å². The van der Waals surface area contributed by atoms with Crippen LogP contribution in [0.5, 0.6) is 0 Å². The Morgan fingerprint density at radius 3 is 2.75 bits per heavy atom. The van der Waals surface area contributed by atoms with Crippen LogP contribution in [0, 0.1) is 5.92 Å². The molecule has 0 spiro atoms. The molecule has 2 aromatic rings. The van der Waals surface area contributed by atoms with E-state index < -0.39 is 0 Å². The molecule has 0 bridgehead atoms. The van der Waals surface area contributed by atoms with E-state index in [-0.39, 0.29) is 0 Å². The van der Waals surface area contributed by atoms with E-state index in [9.17, 15) is 0 Å². The van der Waals surface area contributed by atoms with Crippen LogP contribution < -0.4 is 5.32 Å². The number of rotatable bonds is 5. The van der Waals surface area contributed by atoms with E-state index in [1.54, 1.807) is 0 Å². The first kappa shape index (κ1) is 17.4. The third-order valence-corrected chi connectivity index (χ3v) is 5.57. The first-order chi connectivity index (χ1) is 11.6. The van der Waals surface area contributed by atoms with Gasteiger partial charge in [-0.3, -0.25) is 10.2 Å². The number of hydrogen-bond donors (Lipinski definition) is 1. The molecule has 3 rings (SSSR count). The molecule has 0 amide bonds. The zero-order valence-corrected chi connectivity index (χ0v) is 15.5. The van der Waals surface area contributed by atoms with Gasteiger partial charge in [-0.25, -0.2) is 0 Å². The van der Waals surface area contributed by atoms with Gasteiger partial charge in [0, 0.05) is 25.3 Å². The van der Waals surface area contributed by atoms with Crippen molar-refractivity contribution in [2.45, 2.75) is 32.4 Å². The summed E-state index contributed by atoms with van der Waals surface area (Å²) in [4.78, 5) is 4.94. The lowest BCUT2D eigenvalue weighted by molar-refractivity contribution is 0.0862. The molecule has 1 fully saturated rings. The van der Waals surface area contributed by atoms with Gasteiger partial charge in [0.1, 0.15) is 0 Å². The highest BCUT2D eigenvalue weighted by Crippen LogP contribution is 2.24. The van der Waals surface area contributed by atoms with Crippen LogP contribution in [0.3, 0.4) is 0 Å². The van der Waals surface area contributed by atoms with Crippen molar-refractivity contribution < 1.29 is 0 Å². The highest BCUT2D eigenvalue weighted by Gasteiger charge is 2.27. The van der Waals surface area contributed by atoms with Gasteiger partial charge < -0.3 is 4.90 Å². The number of hydrogen-bond acceptors (Lipinski definition) is 3. The molecule has 1 heterocycles. The largest absolute Gasteiger partial charge is 0.306 e. The molecule has 1 aliphatic rings. The molecule has 0 aliphatic carbocycles. The number of fused-ring (bicyclic) bond motifs is 1. The highest BCUT2D eigenvalue weighted by molar-refractivity contribution is 5.86. The Kier molecular flexibility index (Phi) is 5.54. The average molecular weight is 326 g/mol. The van der Waals surface area contributed by atoms with Crippen molar-refractivity contribution in [1.29, 1.82) is 0 Å². The summed E-state index contributed by atoms with van der Waals surface area (Å²) in [5.41, 5.74) is 1.39. The zero-order chi connectivity index (χ0) is 17.1. The average Bonchev–Trinajstić information content (AvgIpc) is 2.59. The van der Waals surface area contributed by atoms with Crippen LogP contribution in [0.15, 0.2) is 42.5 Å². The molecule has 1 saturated heterocycles. The summed E-state index contributed by atoms with van der Waals surface area (Å²) in [5, 5.41) is 6.41. The van der Waals surface area contributed by atoms with Crippen molar-refractivity contribution >= 4 is 10.8 Å². The summed E-state index contributed by atoms with van der Waals surface area (Å²) in [6.45, 7) is 7.99. The lowest BCUT2D eigenvalue weighted by Gasteiger charge is -2.40. The molecule has 1 aliphatic heterocycles. The summed E-state index contributed by atoms with van der Waals surface area (Å²) >= 11 is 0. The van der Waals surface area contributed by atoms with E-state index in [1.807, 2.05) is 0 Å². The molecule has 24 heavy (non-hydrogen) atoms. The lowest BCUT2D eigenvalue weighted by atomic mass is 9.93. The second-order valence-electron chi connectivity index (χ2n) is 7.50. The monoisotopic (exact) mass is 325 g/mol. The SMILES string of the molecule is CC(NCN(C)C1CCN(C)CC1C)c1cccc2ccccc12. The van der Waals surface area contributed by atoms with Gasteiger partial charge in [0.15, 0.2) is 0 Å². The fourth-order valence-corrected chi connectivity index (χ4v) is 4.13. The third-order valence-electron chi connectivity index (χ3n) is 5.57. The van der Waals surface area contributed by atoms with E-state index in [2.05, 4.69) is 85.5 Å². The van der Waals surface area contributed by atoms with Crippen LogP contribution in [0.25, 0.3) is 10.8 Å². The number of nitrogens with one attached hydrogen (secondary N) is 1. The Hall–Kier alpha value is -1.42. The van der Waals surface area contributed by atoms with Crippen LogP contribution in [0.2, 0.25) is 0 Å². The van der Waals surface area contributed by atoms with Crippen LogP contribution >= 0.6 is 0 Å². The first-order valence-electron chi connectivity index (χ1n) is 9.16. The number of piperidine rings is 1. The minimum absolute atomic E-state index is 0.347. The van der Waals surface area contributed by atoms with Crippen molar-refractivity contribution in [1.82, 2.24) is 15.1 Å². The van der Waals surface area contributed by atoms with Crippen molar-refractivity contribution in [2.75, 3.05) is 33.9 Å². The van der Waals surface area contributed by atoms with Gasteiger partial charge in [-0.15, -0.1) is 0 Å². The maximum atomic E-state index is 3.73. The van der Waals surface area contributed by atoms with E-state index >= 15 is 0 Å². The summed E-state index contributed by atoms with van der Waals surface area (Å²) in [5.74, 6) is 0.725. The number of benzene rings is 2. The molecule has 0 aromatic heterocycles. The smallest absolute Gasteiger partial charge is 0.0485 e. The van der Waals surface area contributed by atoms with Gasteiger partial charge >= 0.3 is 0 Å². The Balaban J connectivity index is 1.63. The summed E-state index contributed by atoms with van der Waals surface area (Å²) < 4.78 is 0. The Morgan fingerprint density at radius 2 is 1.96 bits per heavy atom. The van der Waals surface area contributed by atoms with Gasteiger partial charge in [0.2, 0.25) is 0 Å². The molecule has 130 valence electrons. The minimum Gasteiger partial charge on any atom is -0.306 e.